The molecule has 82 valence electrons. The second kappa shape index (κ2) is 5.00. The molecule has 0 fully saturated rings. The minimum absolute atomic E-state index is 0.961. The first-order valence-electron chi connectivity index (χ1n) is 3.66. The van der Waals surface area contributed by atoms with Crippen LogP contribution in [0.15, 0.2) is 34.1 Å². The van der Waals surface area contributed by atoms with Gasteiger partial charge in [-0.3, -0.25) is 0 Å². The molecule has 0 aromatic heterocycles. The van der Waals surface area contributed by atoms with Crippen LogP contribution < -0.4 is 0 Å². The molecule has 0 amide bonds. The molecule has 0 saturated heterocycles. The molecule has 0 heterocycles. The fourth-order valence-electron chi connectivity index (χ4n) is 0.918. The minimum Gasteiger partial charge on any atom is -0.100 e. The predicted octanol–water partition coefficient (Wildman–Crippen LogP) is 6.51. The van der Waals surface area contributed by atoms with Crippen molar-refractivity contribution in [2.24, 2.45) is 0 Å². The lowest BCUT2D eigenvalue weighted by molar-refractivity contribution is 1.35. The fourth-order valence-corrected chi connectivity index (χ4v) is 4.74. The molecular weight excluding hydrogens is 480 g/mol. The number of benzene rings is 1. The third-order valence-corrected chi connectivity index (χ3v) is 8.34. The van der Waals surface area contributed by atoms with Gasteiger partial charge in [-0.15, -0.1) is 13.8 Å². The Bertz CT molecular complexity index is 277. The topological polar surface area (TPSA) is 0 Å². The van der Waals surface area contributed by atoms with Crippen molar-refractivity contribution in [1.29, 1.82) is 0 Å². The molecular formula is C8H10Br4S2. The largest absolute Gasteiger partial charge is 0.100 e. The lowest BCUT2D eigenvalue weighted by Gasteiger charge is -2.23. The van der Waals surface area contributed by atoms with Crippen LogP contribution in [0, 0.1) is 0 Å². The van der Waals surface area contributed by atoms with Gasteiger partial charge >= 0.3 is 0 Å². The molecule has 1 aromatic rings. The van der Waals surface area contributed by atoms with Crippen LogP contribution in [0.5, 0.6) is 0 Å². The summed E-state index contributed by atoms with van der Waals surface area (Å²) in [6.07, 6.45) is 4.30. The van der Waals surface area contributed by atoms with Crippen molar-refractivity contribution in [2.75, 3.05) is 12.5 Å². The van der Waals surface area contributed by atoms with Crippen LogP contribution in [0.3, 0.4) is 0 Å². The molecule has 0 spiro atoms. The van der Waals surface area contributed by atoms with E-state index in [0.717, 1.165) is 0 Å². The first-order valence-corrected chi connectivity index (χ1v) is 15.1. The third-order valence-electron chi connectivity index (χ3n) is 1.65. The average Bonchev–Trinajstić information content (AvgIpc) is 2.01. The van der Waals surface area contributed by atoms with E-state index in [1.807, 2.05) is 0 Å². The number of halogens is 4. The highest BCUT2D eigenvalue weighted by atomic mass is 79.9. The zero-order valence-corrected chi connectivity index (χ0v) is 15.6. The Balaban J connectivity index is 3.02. The molecule has 0 nitrogen and oxygen atoms in total. The Morgan fingerprint density at radius 1 is 0.714 bits per heavy atom. The molecule has 0 aliphatic rings. The SMILES string of the molecule is CS(Br)(Br)c1ccc(S(C)(Br)Br)cc1. The van der Waals surface area contributed by atoms with Gasteiger partial charge in [-0.2, -0.15) is 0 Å². The standard InChI is InChI=1S/C8H10Br4S2/c1-13(9,10)7-3-5-8(6-4-7)14(2,11)12/h3-6H,1-2H3. The van der Waals surface area contributed by atoms with E-state index < -0.39 is 13.8 Å². The van der Waals surface area contributed by atoms with Crippen LogP contribution in [0.1, 0.15) is 0 Å². The summed E-state index contributed by atoms with van der Waals surface area (Å²) >= 11 is 14.6. The van der Waals surface area contributed by atoms with Crippen LogP contribution in [-0.4, -0.2) is 12.5 Å². The van der Waals surface area contributed by atoms with Gasteiger partial charge in [-0.25, -0.2) is 0 Å². The maximum absolute atomic E-state index is 3.65. The van der Waals surface area contributed by atoms with Crippen molar-refractivity contribution in [3.05, 3.63) is 24.3 Å². The Morgan fingerprint density at radius 2 is 0.929 bits per heavy atom. The first-order chi connectivity index (χ1) is 6.21. The number of hydrogen-bond donors (Lipinski definition) is 0. The molecule has 0 unspecified atom stereocenters. The first kappa shape index (κ1) is 13.9. The molecule has 6 heteroatoms. The highest BCUT2D eigenvalue weighted by Gasteiger charge is 2.15. The van der Waals surface area contributed by atoms with Crippen LogP contribution in [0.4, 0.5) is 0 Å². The van der Waals surface area contributed by atoms with E-state index in [9.17, 15) is 0 Å². The molecule has 0 N–H and O–H groups in total. The summed E-state index contributed by atoms with van der Waals surface area (Å²) in [7, 11) is 0. The van der Waals surface area contributed by atoms with Crippen molar-refractivity contribution in [3.63, 3.8) is 0 Å². The van der Waals surface area contributed by atoms with Gasteiger partial charge < -0.3 is 0 Å². The third kappa shape index (κ3) is 4.01. The van der Waals surface area contributed by atoms with E-state index in [1.54, 1.807) is 0 Å². The van der Waals surface area contributed by atoms with E-state index in [0.29, 0.717) is 0 Å². The zero-order chi connectivity index (χ0) is 11.0. The molecule has 14 heavy (non-hydrogen) atoms. The number of hydrogen-bond acceptors (Lipinski definition) is 0. The van der Waals surface area contributed by atoms with Crippen LogP contribution in [-0.2, 0) is 0 Å². The van der Waals surface area contributed by atoms with E-state index in [1.165, 1.54) is 9.79 Å². The Labute approximate surface area is 118 Å². The minimum atomic E-state index is -0.961. The maximum atomic E-state index is 3.65. The molecule has 0 bridgehead atoms. The van der Waals surface area contributed by atoms with Crippen molar-refractivity contribution >= 4 is 73.0 Å². The van der Waals surface area contributed by atoms with Gasteiger partial charge in [0.05, 0.1) is 0 Å². The Hall–Kier alpha value is 1.84. The predicted molar refractivity (Wildman–Crippen MR) is 85.7 cm³/mol. The number of rotatable bonds is 2. The lowest BCUT2D eigenvalue weighted by Crippen LogP contribution is -1.83. The van der Waals surface area contributed by atoms with Gasteiger partial charge in [0.2, 0.25) is 0 Å². The molecule has 0 aliphatic carbocycles. The summed E-state index contributed by atoms with van der Waals surface area (Å²) in [5.41, 5.74) is 0. The van der Waals surface area contributed by atoms with Crippen molar-refractivity contribution < 1.29 is 0 Å². The molecule has 0 aliphatic heterocycles. The second-order valence-electron chi connectivity index (χ2n) is 2.92. The van der Waals surface area contributed by atoms with E-state index in [4.69, 9.17) is 0 Å². The summed E-state index contributed by atoms with van der Waals surface area (Å²) in [6.45, 7) is -1.92. The monoisotopic (exact) mass is 486 g/mol. The summed E-state index contributed by atoms with van der Waals surface area (Å²) in [6, 6.07) is 8.62. The van der Waals surface area contributed by atoms with Crippen molar-refractivity contribution in [2.45, 2.75) is 9.79 Å². The van der Waals surface area contributed by atoms with Gasteiger partial charge in [0, 0.05) is 9.79 Å². The maximum Gasteiger partial charge on any atom is 0.00891 e. The van der Waals surface area contributed by atoms with Crippen LogP contribution in [0.2, 0.25) is 0 Å². The fraction of sp³-hybridized carbons (Fsp3) is 0.250. The van der Waals surface area contributed by atoms with Gasteiger partial charge in [-0.05, 0) is 96.0 Å². The summed E-state index contributed by atoms with van der Waals surface area (Å²) in [4.78, 5) is 2.59. The average molecular weight is 490 g/mol. The molecule has 0 saturated carbocycles. The molecule has 0 radical (unpaired) electrons. The Kier molecular flexibility index (Phi) is 4.97. The van der Waals surface area contributed by atoms with E-state index >= 15 is 0 Å². The summed E-state index contributed by atoms with van der Waals surface area (Å²) < 4.78 is 0. The van der Waals surface area contributed by atoms with Gasteiger partial charge in [0.25, 0.3) is 0 Å². The van der Waals surface area contributed by atoms with Gasteiger partial charge in [0.1, 0.15) is 0 Å². The summed E-state index contributed by atoms with van der Waals surface area (Å²) in [5.74, 6) is 0. The molecule has 1 rings (SSSR count). The smallest absolute Gasteiger partial charge is 0.00891 e. The van der Waals surface area contributed by atoms with Crippen LogP contribution >= 0.6 is 73.0 Å². The zero-order valence-electron chi connectivity index (χ0n) is 7.64. The van der Waals surface area contributed by atoms with Gasteiger partial charge in [0.15, 0.2) is 0 Å². The quantitative estimate of drug-likeness (QED) is 0.444. The summed E-state index contributed by atoms with van der Waals surface area (Å²) in [5, 5.41) is 0. The lowest BCUT2D eigenvalue weighted by atomic mass is 10.4. The van der Waals surface area contributed by atoms with E-state index in [2.05, 4.69) is 96.0 Å². The van der Waals surface area contributed by atoms with Crippen LogP contribution in [0.25, 0.3) is 0 Å². The van der Waals surface area contributed by atoms with Crippen molar-refractivity contribution in [3.8, 4) is 0 Å². The highest BCUT2D eigenvalue weighted by Crippen LogP contribution is 2.68. The molecule has 1 aromatic carbocycles. The van der Waals surface area contributed by atoms with Crippen molar-refractivity contribution in [1.82, 2.24) is 0 Å². The Morgan fingerprint density at radius 3 is 1.07 bits per heavy atom. The second-order valence-corrected chi connectivity index (χ2v) is 27.5. The normalized spacial score (nSPS) is 15.3. The molecule has 0 atom stereocenters. The van der Waals surface area contributed by atoms with Gasteiger partial charge in [-0.1, -0.05) is 0 Å². The highest BCUT2D eigenvalue weighted by molar-refractivity contribution is 9.91. The van der Waals surface area contributed by atoms with E-state index in [-0.39, 0.29) is 0 Å².